The molecule has 18 heteroatoms. The zero-order chi connectivity index (χ0) is 39.7. The number of ether oxygens (including phenoxy) is 4. The molecule has 0 saturated carbocycles. The zero-order valence-electron chi connectivity index (χ0n) is 29.4. The summed E-state index contributed by atoms with van der Waals surface area (Å²) in [5.74, 6) is -5.81. The minimum absolute atomic E-state index is 0.0134. The number of hydrogen-bond donors (Lipinski definition) is 4. The number of imidazole rings is 2. The number of carbonyl (C=O) groups excluding carboxylic acids is 3. The van der Waals surface area contributed by atoms with E-state index in [1.54, 1.807) is 4.57 Å². The van der Waals surface area contributed by atoms with Gasteiger partial charge in [0.2, 0.25) is 0 Å². The largest absolute Gasteiger partial charge is 0.494 e. The minimum atomic E-state index is -1.50. The second-order valence-corrected chi connectivity index (χ2v) is 11.7. The van der Waals surface area contributed by atoms with Crippen LogP contribution in [-0.2, 0) is 13.1 Å². The lowest BCUT2D eigenvalue weighted by molar-refractivity contribution is 0.0695. The molecule has 0 unspecified atom stereocenters. The molecule has 284 valence electrons. The maximum Gasteiger partial charge on any atom is 0.336 e. The summed E-state index contributed by atoms with van der Waals surface area (Å²) in [6, 6.07) is 10.5. The lowest BCUT2D eigenvalue weighted by Crippen LogP contribution is -2.14. The number of aromatic nitrogens is 4. The number of halogens is 2. The van der Waals surface area contributed by atoms with Crippen molar-refractivity contribution in [3.05, 3.63) is 82.4 Å². The fourth-order valence-electron chi connectivity index (χ4n) is 6.55. The Morgan fingerprint density at radius 3 is 1.80 bits per heavy atom. The number of amides is 2. The van der Waals surface area contributed by atoms with Crippen molar-refractivity contribution in [2.75, 3.05) is 34.5 Å². The van der Waals surface area contributed by atoms with Crippen molar-refractivity contribution >= 4 is 46.1 Å². The number of fused-ring (bicyclic) bond motifs is 8. The predicted molar refractivity (Wildman–Crippen MR) is 192 cm³/mol. The van der Waals surface area contributed by atoms with Crippen molar-refractivity contribution in [2.24, 2.45) is 11.5 Å². The van der Waals surface area contributed by atoms with E-state index in [4.69, 9.17) is 35.5 Å². The molecule has 6 N–H and O–H groups in total. The molecule has 0 aliphatic carbocycles. The van der Waals surface area contributed by atoms with Gasteiger partial charge in [-0.15, -0.1) is 0 Å². The van der Waals surface area contributed by atoms with Crippen LogP contribution < -0.4 is 30.4 Å². The predicted octanol–water partition coefficient (Wildman–Crippen LogP) is 3.80. The molecule has 2 aliphatic heterocycles. The van der Waals surface area contributed by atoms with E-state index < -0.39 is 40.5 Å². The molecule has 0 saturated heterocycles. The Balaban J connectivity index is 0.00000253. The van der Waals surface area contributed by atoms with E-state index in [2.05, 4.69) is 9.97 Å². The molecule has 6 aromatic rings. The fraction of sp³-hybridized carbons (Fsp3) is 0.189. The summed E-state index contributed by atoms with van der Waals surface area (Å²) in [6.45, 7) is -0.780. The van der Waals surface area contributed by atoms with Gasteiger partial charge < -0.3 is 49.8 Å². The van der Waals surface area contributed by atoms with Crippen molar-refractivity contribution in [1.29, 1.82) is 0 Å². The van der Waals surface area contributed by atoms with Crippen molar-refractivity contribution in [1.82, 2.24) is 19.1 Å². The first-order chi connectivity index (χ1) is 26.5. The van der Waals surface area contributed by atoms with Crippen LogP contribution in [0, 0.1) is 11.6 Å². The normalized spacial score (nSPS) is 12.3. The van der Waals surface area contributed by atoms with E-state index in [0.717, 1.165) is 19.2 Å². The second kappa shape index (κ2) is 15.1. The number of carboxylic acid groups (broad SMARTS) is 1. The monoisotopic (exact) mass is 758 g/mol. The van der Waals surface area contributed by atoms with Crippen LogP contribution in [0.15, 0.2) is 48.5 Å². The highest BCUT2D eigenvalue weighted by molar-refractivity contribution is 6.04. The number of aryl methyl sites for hydroxylation is 2. The SMILES string of the molecule is CO.COc1c(C(N)=O)ccc2c1nc1n2CCn2c(nc3c(OC)c(C(N)=O)ccc32)-c2c(C=O)ccc(c2F)OCCOc2cc(F)c-1c(C(=O)O)c2. The molecule has 0 atom stereocenters. The van der Waals surface area contributed by atoms with Gasteiger partial charge in [-0.05, 0) is 42.5 Å². The Hall–Kier alpha value is -7.08. The summed E-state index contributed by atoms with van der Waals surface area (Å²) in [7, 11) is 3.59. The number of benzene rings is 4. The number of nitrogens with zero attached hydrogens (tertiary/aromatic N) is 4. The Morgan fingerprint density at radius 2 is 1.31 bits per heavy atom. The number of rotatable bonds is 6. The lowest BCUT2D eigenvalue weighted by atomic mass is 10.1. The van der Waals surface area contributed by atoms with Crippen LogP contribution in [-0.4, -0.2) is 87.9 Å². The Labute approximate surface area is 309 Å². The Bertz CT molecular complexity index is 2550. The molecule has 0 spiro atoms. The summed E-state index contributed by atoms with van der Waals surface area (Å²) in [5, 5.41) is 17.3. The number of aliphatic hydroxyl groups excluding tert-OH is 1. The van der Waals surface area contributed by atoms with Gasteiger partial charge in [0, 0.05) is 31.8 Å². The van der Waals surface area contributed by atoms with Gasteiger partial charge in [-0.1, -0.05) is 0 Å². The van der Waals surface area contributed by atoms with E-state index in [0.29, 0.717) is 11.8 Å². The van der Waals surface area contributed by atoms with Gasteiger partial charge >= 0.3 is 5.97 Å². The quantitative estimate of drug-likeness (QED) is 0.178. The molecule has 0 fully saturated rings. The first kappa shape index (κ1) is 37.7. The van der Waals surface area contributed by atoms with Crippen LogP contribution in [0.3, 0.4) is 0 Å². The van der Waals surface area contributed by atoms with Crippen LogP contribution in [0.25, 0.3) is 44.8 Å². The van der Waals surface area contributed by atoms with Crippen LogP contribution >= 0.6 is 0 Å². The summed E-state index contributed by atoms with van der Waals surface area (Å²) in [5.41, 5.74) is 10.7. The van der Waals surface area contributed by atoms with Gasteiger partial charge in [-0.3, -0.25) is 14.4 Å². The molecule has 0 radical (unpaired) electrons. The van der Waals surface area contributed by atoms with Gasteiger partial charge in [0.1, 0.15) is 47.5 Å². The number of hydrogen-bond acceptors (Lipinski definition) is 11. The topological polar surface area (TPSA) is 233 Å². The highest BCUT2D eigenvalue weighted by atomic mass is 19.1. The summed E-state index contributed by atoms with van der Waals surface area (Å²) in [4.78, 5) is 59.0. The van der Waals surface area contributed by atoms with Crippen molar-refractivity contribution < 1.29 is 57.1 Å². The second-order valence-electron chi connectivity index (χ2n) is 11.7. The summed E-state index contributed by atoms with van der Waals surface area (Å²) in [6.07, 6.45) is 0.451. The van der Waals surface area contributed by atoms with Crippen LogP contribution in [0.2, 0.25) is 0 Å². The highest BCUT2D eigenvalue weighted by Gasteiger charge is 2.29. The minimum Gasteiger partial charge on any atom is -0.494 e. The lowest BCUT2D eigenvalue weighted by Gasteiger charge is -2.16. The van der Waals surface area contributed by atoms with E-state index in [-0.39, 0.29) is 99.8 Å². The fourth-order valence-corrected chi connectivity index (χ4v) is 6.55. The van der Waals surface area contributed by atoms with E-state index in [1.165, 1.54) is 55.2 Å². The first-order valence-corrected chi connectivity index (χ1v) is 16.3. The average Bonchev–Trinajstić information content (AvgIpc) is 3.72. The zero-order valence-corrected chi connectivity index (χ0v) is 29.4. The van der Waals surface area contributed by atoms with Crippen molar-refractivity contribution in [3.63, 3.8) is 0 Å². The number of nitrogens with two attached hydrogens (primary N) is 2. The number of aliphatic hydroxyl groups is 1. The van der Waals surface area contributed by atoms with Gasteiger partial charge in [-0.2, -0.15) is 0 Å². The molecule has 2 aliphatic rings. The maximum absolute atomic E-state index is 16.5. The van der Waals surface area contributed by atoms with E-state index in [9.17, 15) is 24.3 Å². The maximum atomic E-state index is 16.5. The molecule has 8 rings (SSSR count). The molecule has 55 heavy (non-hydrogen) atoms. The van der Waals surface area contributed by atoms with Crippen LogP contribution in [0.1, 0.15) is 41.4 Å². The Morgan fingerprint density at radius 1 is 0.782 bits per heavy atom. The van der Waals surface area contributed by atoms with Gasteiger partial charge in [0.05, 0.1) is 53.1 Å². The number of methoxy groups -OCH3 is 2. The van der Waals surface area contributed by atoms with Gasteiger partial charge in [-0.25, -0.2) is 23.5 Å². The summed E-state index contributed by atoms with van der Waals surface area (Å²) < 4.78 is 58.1. The third-order valence-corrected chi connectivity index (χ3v) is 8.85. The van der Waals surface area contributed by atoms with Crippen molar-refractivity contribution in [3.8, 4) is 45.8 Å². The van der Waals surface area contributed by atoms with E-state index >= 15 is 8.78 Å². The molecular weight excluding hydrogens is 726 g/mol. The smallest absolute Gasteiger partial charge is 0.336 e. The number of carboxylic acids is 1. The highest BCUT2D eigenvalue weighted by Crippen LogP contribution is 2.40. The molecule has 2 amide bonds. The van der Waals surface area contributed by atoms with Gasteiger partial charge in [0.25, 0.3) is 11.8 Å². The molecule has 4 aromatic carbocycles. The molecular formula is C37H32F2N6O10. The average molecular weight is 759 g/mol. The third kappa shape index (κ3) is 6.37. The van der Waals surface area contributed by atoms with Gasteiger partial charge in [0.15, 0.2) is 29.4 Å². The first-order valence-electron chi connectivity index (χ1n) is 16.3. The van der Waals surface area contributed by atoms with E-state index in [1.807, 2.05) is 0 Å². The number of aldehydes is 1. The molecule has 4 bridgehead atoms. The molecule has 4 heterocycles. The molecule has 16 nitrogen and oxygen atoms in total. The molecule has 2 aromatic heterocycles. The third-order valence-electron chi connectivity index (χ3n) is 8.85. The summed E-state index contributed by atoms with van der Waals surface area (Å²) >= 11 is 0. The number of carbonyl (C=O) groups is 4. The van der Waals surface area contributed by atoms with Crippen LogP contribution in [0.4, 0.5) is 8.78 Å². The van der Waals surface area contributed by atoms with Crippen LogP contribution in [0.5, 0.6) is 23.0 Å². The number of aromatic carboxylic acids is 1. The van der Waals surface area contributed by atoms with Crippen molar-refractivity contribution in [2.45, 2.75) is 13.1 Å². The number of primary amides is 2. The Kier molecular flexibility index (Phi) is 10.3. The standard InChI is InChI=1S/C36H28F2N6O9.CH4O/c1-50-30-18(32(39)46)4-6-22-28(30)41-34-25-16(15-45)3-8-24(27(25)38)53-12-11-52-17-13-20(36(48)49)26(21(37)14-17)35-42-29-23(44(35)10-9-43(22)34)7-5-19(33(40)47)31(29)51-2;1-2/h3-8,13-15H,9-12H2,1-2H3,(H2,39,46)(H2,40,47)(H,48,49);2H,1H3.